The summed E-state index contributed by atoms with van der Waals surface area (Å²) < 4.78 is 5.28. The van der Waals surface area contributed by atoms with Crippen LogP contribution in [0.3, 0.4) is 0 Å². The fourth-order valence-electron chi connectivity index (χ4n) is 2.14. The second kappa shape index (κ2) is 6.91. The third kappa shape index (κ3) is 3.96. The number of carbonyl (C=O) groups is 1. The van der Waals surface area contributed by atoms with Crippen LogP contribution >= 0.6 is 0 Å². The first-order valence-corrected chi connectivity index (χ1v) is 6.73. The summed E-state index contributed by atoms with van der Waals surface area (Å²) >= 11 is 0. The average Bonchev–Trinajstić information content (AvgIpc) is 2.96. The lowest BCUT2D eigenvalue weighted by atomic mass is 10.0. The van der Waals surface area contributed by atoms with E-state index in [4.69, 9.17) is 4.42 Å². The molecule has 0 aliphatic heterocycles. The van der Waals surface area contributed by atoms with E-state index in [0.29, 0.717) is 0 Å². The number of aryl methyl sites for hydroxylation is 1. The van der Waals surface area contributed by atoms with E-state index in [1.165, 1.54) is 0 Å². The zero-order valence-corrected chi connectivity index (χ0v) is 11.5. The minimum Gasteiger partial charge on any atom is -0.480 e. The Morgan fingerprint density at radius 2 is 2.00 bits per heavy atom. The van der Waals surface area contributed by atoms with E-state index in [-0.39, 0.29) is 6.04 Å². The molecule has 20 heavy (non-hydrogen) atoms. The maximum Gasteiger partial charge on any atom is 0.325 e. The third-order valence-corrected chi connectivity index (χ3v) is 3.23. The average molecular weight is 273 g/mol. The molecule has 2 N–H and O–H groups in total. The van der Waals surface area contributed by atoms with E-state index >= 15 is 0 Å². The number of aliphatic carboxylic acids is 1. The first-order chi connectivity index (χ1) is 9.66. The Kier molecular flexibility index (Phi) is 4.96. The van der Waals surface area contributed by atoms with Crippen molar-refractivity contribution >= 4 is 5.97 Å². The van der Waals surface area contributed by atoms with Gasteiger partial charge in [0, 0.05) is 12.5 Å². The van der Waals surface area contributed by atoms with Gasteiger partial charge in [0.15, 0.2) is 0 Å². The maximum atomic E-state index is 11.4. The van der Waals surface area contributed by atoms with Gasteiger partial charge in [0.1, 0.15) is 11.8 Å². The van der Waals surface area contributed by atoms with Gasteiger partial charge in [-0.25, -0.2) is 0 Å². The van der Waals surface area contributed by atoms with Gasteiger partial charge in [-0.2, -0.15) is 0 Å². The van der Waals surface area contributed by atoms with E-state index < -0.39 is 12.0 Å². The van der Waals surface area contributed by atoms with Gasteiger partial charge >= 0.3 is 5.97 Å². The summed E-state index contributed by atoms with van der Waals surface area (Å²) in [6.07, 6.45) is 3.27. The first kappa shape index (κ1) is 14.3. The van der Waals surface area contributed by atoms with Crippen molar-refractivity contribution in [3.8, 4) is 0 Å². The molecule has 0 saturated carbocycles. The molecule has 0 spiro atoms. The molecule has 0 amide bonds. The van der Waals surface area contributed by atoms with Crippen LogP contribution in [0.5, 0.6) is 0 Å². The molecular formula is C16H19NO3. The van der Waals surface area contributed by atoms with Crippen molar-refractivity contribution in [1.82, 2.24) is 5.32 Å². The molecule has 2 atom stereocenters. The lowest BCUT2D eigenvalue weighted by Gasteiger charge is -2.20. The number of carboxylic acid groups (broad SMARTS) is 1. The number of rotatable bonds is 7. The molecule has 0 aliphatic carbocycles. The van der Waals surface area contributed by atoms with Crippen molar-refractivity contribution in [2.75, 3.05) is 0 Å². The van der Waals surface area contributed by atoms with Crippen LogP contribution in [0.15, 0.2) is 53.1 Å². The summed E-state index contributed by atoms with van der Waals surface area (Å²) in [7, 11) is 0. The maximum absolute atomic E-state index is 11.4. The van der Waals surface area contributed by atoms with Gasteiger partial charge in [-0.05, 0) is 31.0 Å². The second-order valence-corrected chi connectivity index (χ2v) is 4.87. The Hall–Kier alpha value is -2.07. The molecule has 1 aromatic carbocycles. The number of nitrogens with one attached hydrogen (secondary N) is 1. The van der Waals surface area contributed by atoms with Crippen LogP contribution in [0.4, 0.5) is 0 Å². The zero-order chi connectivity index (χ0) is 14.4. The fourth-order valence-corrected chi connectivity index (χ4v) is 2.14. The van der Waals surface area contributed by atoms with Crippen molar-refractivity contribution in [2.24, 2.45) is 0 Å². The number of carboxylic acids is 1. The van der Waals surface area contributed by atoms with E-state index in [2.05, 4.69) is 5.32 Å². The van der Waals surface area contributed by atoms with Crippen molar-refractivity contribution in [2.45, 2.75) is 31.8 Å². The monoisotopic (exact) mass is 273 g/mol. The highest BCUT2D eigenvalue weighted by molar-refractivity contribution is 5.75. The van der Waals surface area contributed by atoms with Crippen LogP contribution in [0.2, 0.25) is 0 Å². The standard InChI is InChI=1S/C16H19NO3/c1-12(9-10-14-8-5-11-20-14)17-15(16(18)19)13-6-3-2-4-7-13/h2-8,11-12,15,17H,9-10H2,1H3,(H,18,19). The van der Waals surface area contributed by atoms with E-state index in [1.54, 1.807) is 6.26 Å². The summed E-state index contributed by atoms with van der Waals surface area (Å²) in [6, 6.07) is 12.4. The summed E-state index contributed by atoms with van der Waals surface area (Å²) in [6.45, 7) is 1.99. The predicted octanol–water partition coefficient (Wildman–Crippen LogP) is 3.02. The molecule has 0 aliphatic rings. The molecule has 4 heteroatoms. The van der Waals surface area contributed by atoms with E-state index in [0.717, 1.165) is 24.2 Å². The number of hydrogen-bond acceptors (Lipinski definition) is 3. The van der Waals surface area contributed by atoms with Crippen LogP contribution in [0, 0.1) is 0 Å². The summed E-state index contributed by atoms with van der Waals surface area (Å²) in [5.41, 5.74) is 0.768. The minimum atomic E-state index is -0.860. The highest BCUT2D eigenvalue weighted by Crippen LogP contribution is 2.15. The Balaban J connectivity index is 1.93. The topological polar surface area (TPSA) is 62.5 Å². The number of benzene rings is 1. The largest absolute Gasteiger partial charge is 0.480 e. The first-order valence-electron chi connectivity index (χ1n) is 6.73. The van der Waals surface area contributed by atoms with Crippen molar-refractivity contribution in [1.29, 1.82) is 0 Å². The van der Waals surface area contributed by atoms with Crippen LogP contribution in [-0.4, -0.2) is 17.1 Å². The molecule has 1 heterocycles. The molecule has 106 valence electrons. The van der Waals surface area contributed by atoms with Gasteiger partial charge in [-0.3, -0.25) is 10.1 Å². The van der Waals surface area contributed by atoms with E-state index in [9.17, 15) is 9.90 Å². The molecule has 0 saturated heterocycles. The van der Waals surface area contributed by atoms with Gasteiger partial charge in [0.05, 0.1) is 6.26 Å². The van der Waals surface area contributed by atoms with Gasteiger partial charge < -0.3 is 9.52 Å². The Bertz CT molecular complexity index is 522. The highest BCUT2D eigenvalue weighted by atomic mass is 16.4. The minimum absolute atomic E-state index is 0.0846. The lowest BCUT2D eigenvalue weighted by molar-refractivity contribution is -0.139. The molecule has 2 unspecified atom stereocenters. The Morgan fingerprint density at radius 3 is 2.60 bits per heavy atom. The van der Waals surface area contributed by atoms with Crippen molar-refractivity contribution in [3.63, 3.8) is 0 Å². The van der Waals surface area contributed by atoms with Gasteiger partial charge in [-0.1, -0.05) is 30.3 Å². The van der Waals surface area contributed by atoms with Gasteiger partial charge in [0.25, 0.3) is 0 Å². The summed E-state index contributed by atoms with van der Waals surface area (Å²) in [5.74, 6) is 0.0614. The number of hydrogen-bond donors (Lipinski definition) is 2. The van der Waals surface area contributed by atoms with Gasteiger partial charge in [0.2, 0.25) is 0 Å². The second-order valence-electron chi connectivity index (χ2n) is 4.87. The number of furan rings is 1. The Labute approximate surface area is 118 Å². The summed E-state index contributed by atoms with van der Waals surface area (Å²) in [5, 5.41) is 12.5. The summed E-state index contributed by atoms with van der Waals surface area (Å²) in [4.78, 5) is 11.4. The smallest absolute Gasteiger partial charge is 0.325 e. The van der Waals surface area contributed by atoms with Crippen molar-refractivity contribution in [3.05, 3.63) is 60.1 Å². The quantitative estimate of drug-likeness (QED) is 0.814. The molecule has 2 rings (SSSR count). The molecule has 0 fully saturated rings. The SMILES string of the molecule is CC(CCc1ccco1)NC(C(=O)O)c1ccccc1. The van der Waals surface area contributed by atoms with Crippen LogP contribution in [-0.2, 0) is 11.2 Å². The van der Waals surface area contributed by atoms with Crippen molar-refractivity contribution < 1.29 is 14.3 Å². The Morgan fingerprint density at radius 1 is 1.25 bits per heavy atom. The lowest BCUT2D eigenvalue weighted by Crippen LogP contribution is -2.35. The molecule has 0 radical (unpaired) electrons. The zero-order valence-electron chi connectivity index (χ0n) is 11.5. The van der Waals surface area contributed by atoms with Crippen LogP contribution in [0.25, 0.3) is 0 Å². The van der Waals surface area contributed by atoms with Crippen LogP contribution in [0.1, 0.15) is 30.7 Å². The molecule has 1 aromatic heterocycles. The molecule has 4 nitrogen and oxygen atoms in total. The highest BCUT2D eigenvalue weighted by Gasteiger charge is 2.21. The molecular weight excluding hydrogens is 254 g/mol. The fraction of sp³-hybridized carbons (Fsp3) is 0.312. The van der Waals surface area contributed by atoms with Gasteiger partial charge in [-0.15, -0.1) is 0 Å². The van der Waals surface area contributed by atoms with Crippen LogP contribution < -0.4 is 5.32 Å². The molecule has 2 aromatic rings. The third-order valence-electron chi connectivity index (χ3n) is 3.23. The normalized spacial score (nSPS) is 13.8. The predicted molar refractivity (Wildman–Crippen MR) is 76.4 cm³/mol. The van der Waals surface area contributed by atoms with E-state index in [1.807, 2.05) is 49.4 Å². The molecule has 0 bridgehead atoms.